The summed E-state index contributed by atoms with van der Waals surface area (Å²) in [5.74, 6) is 7.18. The average molecular weight is 593 g/mol. The third-order valence-corrected chi connectivity index (χ3v) is 17.2. The van der Waals surface area contributed by atoms with Gasteiger partial charge in [0.2, 0.25) is 0 Å². The van der Waals surface area contributed by atoms with Crippen LogP contribution in [0.1, 0.15) is 150 Å². The molecule has 8 unspecified atom stereocenters. The molecule has 0 radical (unpaired) electrons. The number of Topliss-reactive ketones (excluding diaryl/α,β-unsaturated/α-hetero) is 1. The van der Waals surface area contributed by atoms with E-state index in [0.717, 1.165) is 86.4 Å². The van der Waals surface area contributed by atoms with Crippen molar-refractivity contribution in [3.05, 3.63) is 11.6 Å². The molecule has 0 aromatic carbocycles. The SMILES string of the molecule is C/C=C1/CCC2C3CCC4C[C@H](O)CC[C@]4(C)C3CC[C@]12C.C[C@]12CC[C@@H](O)CC1CCC1C2CC[C@]2(C)C(=O)CCC12. The Morgan fingerprint density at radius 1 is 0.581 bits per heavy atom. The van der Waals surface area contributed by atoms with Gasteiger partial charge >= 0.3 is 0 Å². The Morgan fingerprint density at radius 3 is 1.60 bits per heavy atom. The standard InChI is InChI=1S/C21H34O.C19H30O2/c1-4-14-6-8-18-17-7-5-15-13-16(22)9-11-21(15,3)19(17)10-12-20(14,18)2;1-18-9-7-13(20)11-12(18)3-4-14-15-5-6-17(21)19(15,2)10-8-16(14)18/h4,15-19,22H,5-13H2,1-3H3;12-16,20H,3-11H2,1-2H3/b14-4-;/t15?,16-,17?,18?,19?,20-,21+;12?,13-,14?,15?,16?,18+,19+/m11/s1. The number of hydrogen-bond donors (Lipinski definition) is 2. The van der Waals surface area contributed by atoms with Gasteiger partial charge in [-0.2, -0.15) is 0 Å². The maximum absolute atomic E-state index is 12.4. The van der Waals surface area contributed by atoms with Crippen LogP contribution in [-0.2, 0) is 4.79 Å². The molecule has 0 aliphatic heterocycles. The fourth-order valence-corrected chi connectivity index (χ4v) is 14.6. The van der Waals surface area contributed by atoms with Crippen LogP contribution in [0.25, 0.3) is 0 Å². The maximum atomic E-state index is 12.4. The van der Waals surface area contributed by atoms with Crippen molar-refractivity contribution in [2.45, 2.75) is 162 Å². The minimum Gasteiger partial charge on any atom is -0.393 e. The van der Waals surface area contributed by atoms with Crippen LogP contribution in [0, 0.1) is 69.0 Å². The Kier molecular flexibility index (Phi) is 7.89. The van der Waals surface area contributed by atoms with Crippen molar-refractivity contribution >= 4 is 5.78 Å². The zero-order chi connectivity index (χ0) is 30.4. The van der Waals surface area contributed by atoms with Gasteiger partial charge in [-0.25, -0.2) is 0 Å². The van der Waals surface area contributed by atoms with Gasteiger partial charge in [0.1, 0.15) is 5.78 Å². The van der Waals surface area contributed by atoms with Crippen molar-refractivity contribution < 1.29 is 15.0 Å². The minimum absolute atomic E-state index is 0.00964. The molecule has 0 heterocycles. The van der Waals surface area contributed by atoms with Gasteiger partial charge in [0, 0.05) is 11.8 Å². The summed E-state index contributed by atoms with van der Waals surface area (Å²) in [6.07, 6.45) is 24.5. The zero-order valence-corrected chi connectivity index (χ0v) is 28.4. The molecule has 0 aromatic rings. The van der Waals surface area contributed by atoms with Crippen molar-refractivity contribution in [1.82, 2.24) is 0 Å². The van der Waals surface area contributed by atoms with E-state index in [1.54, 1.807) is 5.57 Å². The normalized spacial score (nSPS) is 56.4. The number of carbonyl (C=O) groups is 1. The number of allylic oxidation sites excluding steroid dienone is 2. The van der Waals surface area contributed by atoms with E-state index in [9.17, 15) is 15.0 Å². The molecule has 8 rings (SSSR count). The van der Waals surface area contributed by atoms with Gasteiger partial charge in [-0.1, -0.05) is 39.3 Å². The molecule has 0 spiro atoms. The van der Waals surface area contributed by atoms with Crippen LogP contribution in [0.3, 0.4) is 0 Å². The lowest BCUT2D eigenvalue weighted by molar-refractivity contribution is -0.142. The third kappa shape index (κ3) is 4.64. The van der Waals surface area contributed by atoms with E-state index < -0.39 is 0 Å². The van der Waals surface area contributed by atoms with Gasteiger partial charge in [-0.15, -0.1) is 0 Å². The number of fused-ring (bicyclic) bond motifs is 10. The first-order valence-corrected chi connectivity index (χ1v) is 19.0. The van der Waals surface area contributed by atoms with Crippen molar-refractivity contribution in [2.24, 2.45) is 69.0 Å². The van der Waals surface area contributed by atoms with Gasteiger partial charge in [-0.05, 0) is 180 Å². The minimum atomic E-state index is -0.0541. The molecule has 0 amide bonds. The molecular formula is C40H64O3. The predicted molar refractivity (Wildman–Crippen MR) is 174 cm³/mol. The largest absolute Gasteiger partial charge is 0.393 e. The third-order valence-electron chi connectivity index (χ3n) is 17.2. The lowest BCUT2D eigenvalue weighted by Gasteiger charge is -2.60. The van der Waals surface area contributed by atoms with E-state index in [1.807, 2.05) is 0 Å². The van der Waals surface area contributed by atoms with Crippen molar-refractivity contribution in [2.75, 3.05) is 0 Å². The van der Waals surface area contributed by atoms with Crippen LogP contribution in [0.15, 0.2) is 11.6 Å². The quantitative estimate of drug-likeness (QED) is 0.276. The lowest BCUT2D eigenvalue weighted by Crippen LogP contribution is -2.54. The van der Waals surface area contributed by atoms with Crippen LogP contribution in [0.4, 0.5) is 0 Å². The van der Waals surface area contributed by atoms with Gasteiger partial charge in [0.05, 0.1) is 12.2 Å². The summed E-state index contributed by atoms with van der Waals surface area (Å²) in [6, 6.07) is 0. The van der Waals surface area contributed by atoms with E-state index in [2.05, 4.69) is 40.7 Å². The summed E-state index contributed by atoms with van der Waals surface area (Å²) in [5, 5.41) is 20.1. The predicted octanol–water partition coefficient (Wildman–Crippen LogP) is 9.30. The molecule has 0 bridgehead atoms. The first-order valence-electron chi connectivity index (χ1n) is 19.0. The molecule has 242 valence electrons. The van der Waals surface area contributed by atoms with Crippen LogP contribution < -0.4 is 0 Å². The second-order valence-corrected chi connectivity index (χ2v) is 18.4. The zero-order valence-electron chi connectivity index (χ0n) is 28.4. The molecule has 8 aliphatic rings. The molecule has 8 aliphatic carbocycles. The van der Waals surface area contributed by atoms with Gasteiger partial charge in [0.15, 0.2) is 0 Å². The highest BCUT2D eigenvalue weighted by molar-refractivity contribution is 5.87. The van der Waals surface area contributed by atoms with E-state index in [0.29, 0.717) is 27.9 Å². The second kappa shape index (κ2) is 11.0. The first kappa shape index (κ1) is 31.0. The van der Waals surface area contributed by atoms with E-state index in [4.69, 9.17) is 0 Å². The number of hydrogen-bond acceptors (Lipinski definition) is 3. The molecule has 0 saturated heterocycles. The Balaban J connectivity index is 0.000000140. The molecule has 3 heteroatoms. The summed E-state index contributed by atoms with van der Waals surface area (Å²) in [5.41, 5.74) is 3.27. The monoisotopic (exact) mass is 592 g/mol. The topological polar surface area (TPSA) is 57.5 Å². The molecule has 0 aromatic heterocycles. The molecule has 8 fully saturated rings. The smallest absolute Gasteiger partial charge is 0.139 e. The fourth-order valence-electron chi connectivity index (χ4n) is 14.6. The first-order chi connectivity index (χ1) is 20.4. The maximum Gasteiger partial charge on any atom is 0.139 e. The summed E-state index contributed by atoms with van der Waals surface area (Å²) in [6.45, 7) is 12.2. The van der Waals surface area contributed by atoms with Crippen molar-refractivity contribution in [3.8, 4) is 0 Å². The van der Waals surface area contributed by atoms with Crippen LogP contribution in [0.5, 0.6) is 0 Å². The number of aliphatic hydroxyl groups is 2. The highest BCUT2D eigenvalue weighted by atomic mass is 16.3. The van der Waals surface area contributed by atoms with Crippen LogP contribution in [0.2, 0.25) is 0 Å². The summed E-state index contributed by atoms with van der Waals surface area (Å²) in [4.78, 5) is 12.4. The number of rotatable bonds is 0. The van der Waals surface area contributed by atoms with Crippen LogP contribution in [-0.4, -0.2) is 28.2 Å². The highest BCUT2D eigenvalue weighted by Gasteiger charge is 2.61. The van der Waals surface area contributed by atoms with Crippen molar-refractivity contribution in [1.29, 1.82) is 0 Å². The molecular weight excluding hydrogens is 528 g/mol. The summed E-state index contributed by atoms with van der Waals surface area (Å²) < 4.78 is 0. The number of aliphatic hydroxyl groups excluding tert-OH is 2. The van der Waals surface area contributed by atoms with E-state index >= 15 is 0 Å². The lowest BCUT2D eigenvalue weighted by atomic mass is 9.45. The summed E-state index contributed by atoms with van der Waals surface area (Å²) >= 11 is 0. The molecule has 2 N–H and O–H groups in total. The highest BCUT2D eigenvalue weighted by Crippen LogP contribution is 2.68. The molecule has 3 nitrogen and oxygen atoms in total. The average Bonchev–Trinajstić information content (AvgIpc) is 3.49. The Morgan fingerprint density at radius 2 is 1.07 bits per heavy atom. The molecule has 14 atom stereocenters. The Hall–Kier alpha value is -0.670. The van der Waals surface area contributed by atoms with E-state index in [1.165, 1.54) is 70.6 Å². The van der Waals surface area contributed by atoms with Gasteiger partial charge in [0.25, 0.3) is 0 Å². The van der Waals surface area contributed by atoms with E-state index in [-0.39, 0.29) is 17.6 Å². The molecule has 8 saturated carbocycles. The van der Waals surface area contributed by atoms with Crippen molar-refractivity contribution in [3.63, 3.8) is 0 Å². The fraction of sp³-hybridized carbons (Fsp3) is 0.925. The van der Waals surface area contributed by atoms with Gasteiger partial charge in [-0.3, -0.25) is 4.79 Å². The Bertz CT molecular complexity index is 1110. The Labute approximate surface area is 263 Å². The van der Waals surface area contributed by atoms with Gasteiger partial charge < -0.3 is 10.2 Å². The summed E-state index contributed by atoms with van der Waals surface area (Å²) in [7, 11) is 0. The molecule has 43 heavy (non-hydrogen) atoms. The number of carbonyl (C=O) groups excluding carboxylic acids is 1. The van der Waals surface area contributed by atoms with Crippen LogP contribution >= 0.6 is 0 Å². The second-order valence-electron chi connectivity index (χ2n) is 18.4. The number of ketones is 1.